The van der Waals surface area contributed by atoms with Crippen LogP contribution in [0, 0.1) is 5.92 Å². The Hall–Kier alpha value is -0.510. The van der Waals surface area contributed by atoms with E-state index in [1.807, 2.05) is 0 Å². The molecule has 3 unspecified atom stereocenters. The van der Waals surface area contributed by atoms with E-state index in [0.29, 0.717) is 17.2 Å². The van der Waals surface area contributed by atoms with Gasteiger partial charge < -0.3 is 10.1 Å². The Morgan fingerprint density at radius 2 is 2.32 bits per heavy atom. The summed E-state index contributed by atoms with van der Waals surface area (Å²) in [5.74, 6) is 0.693. The van der Waals surface area contributed by atoms with Crippen molar-refractivity contribution >= 4 is 11.8 Å². The molecule has 2 nitrogen and oxygen atoms in total. The summed E-state index contributed by atoms with van der Waals surface area (Å²) in [7, 11) is 0. The number of rotatable bonds is 5. The molecule has 2 heterocycles. The lowest BCUT2D eigenvalue weighted by atomic mass is 9.92. The summed E-state index contributed by atoms with van der Waals surface area (Å²) in [5, 5.41) is 4.46. The molecule has 0 spiro atoms. The van der Waals surface area contributed by atoms with E-state index in [1.54, 1.807) is 0 Å². The Kier molecular flexibility index (Phi) is 4.46. The van der Waals surface area contributed by atoms with Crippen molar-refractivity contribution in [2.24, 2.45) is 5.92 Å². The van der Waals surface area contributed by atoms with Gasteiger partial charge in [0.25, 0.3) is 0 Å². The van der Waals surface area contributed by atoms with Crippen LogP contribution in [0.4, 0.5) is 0 Å². The van der Waals surface area contributed by atoms with E-state index in [4.69, 9.17) is 4.74 Å². The minimum absolute atomic E-state index is 0.597. The molecule has 1 saturated heterocycles. The molecule has 0 aliphatic carbocycles. The maximum atomic E-state index is 5.61. The molecule has 1 fully saturated rings. The molecule has 3 atom stereocenters. The number of benzene rings is 1. The Morgan fingerprint density at radius 1 is 1.42 bits per heavy atom. The maximum Gasteiger partial charge on any atom is 0.0510 e. The molecule has 0 aromatic heterocycles. The summed E-state index contributed by atoms with van der Waals surface area (Å²) in [6, 6.07) is 9.46. The standard InChI is InChI=1S/C16H23NOS/c1-2-8-17-16(13-7-9-18-11-13)15-10-12-5-3-4-6-14(12)19-15/h3-6,13,15-17H,2,7-11H2,1H3. The van der Waals surface area contributed by atoms with E-state index in [2.05, 4.69) is 48.3 Å². The zero-order chi connectivity index (χ0) is 13.1. The van der Waals surface area contributed by atoms with Crippen molar-refractivity contribution in [3.63, 3.8) is 0 Å². The van der Waals surface area contributed by atoms with Crippen LogP contribution in [0.25, 0.3) is 0 Å². The van der Waals surface area contributed by atoms with E-state index in [1.165, 1.54) is 29.7 Å². The molecular formula is C16H23NOS. The van der Waals surface area contributed by atoms with Crippen LogP contribution < -0.4 is 5.32 Å². The molecule has 2 aliphatic heterocycles. The molecule has 0 bridgehead atoms. The highest BCUT2D eigenvalue weighted by Gasteiger charge is 2.35. The smallest absolute Gasteiger partial charge is 0.0510 e. The van der Waals surface area contributed by atoms with Crippen molar-refractivity contribution in [3.8, 4) is 0 Å². The highest BCUT2D eigenvalue weighted by Crippen LogP contribution is 2.40. The first-order valence-electron chi connectivity index (χ1n) is 7.44. The fraction of sp³-hybridized carbons (Fsp3) is 0.625. The molecule has 0 amide bonds. The molecule has 3 heteroatoms. The van der Waals surface area contributed by atoms with Crippen LogP contribution in [0.2, 0.25) is 0 Å². The predicted octanol–water partition coefficient (Wildman–Crippen LogP) is 3.11. The van der Waals surface area contributed by atoms with Gasteiger partial charge in [0.05, 0.1) is 6.61 Å². The molecule has 2 aliphatic rings. The van der Waals surface area contributed by atoms with E-state index in [0.717, 1.165) is 19.8 Å². The molecule has 0 radical (unpaired) electrons. The van der Waals surface area contributed by atoms with Gasteiger partial charge in [-0.3, -0.25) is 0 Å². The van der Waals surface area contributed by atoms with Crippen LogP contribution in [0.5, 0.6) is 0 Å². The summed E-state index contributed by atoms with van der Waals surface area (Å²) in [5.41, 5.74) is 1.53. The van der Waals surface area contributed by atoms with Crippen molar-refractivity contribution in [1.82, 2.24) is 5.32 Å². The Morgan fingerprint density at radius 3 is 3.05 bits per heavy atom. The van der Waals surface area contributed by atoms with E-state index in [9.17, 15) is 0 Å². The van der Waals surface area contributed by atoms with Crippen LogP contribution >= 0.6 is 11.8 Å². The van der Waals surface area contributed by atoms with Crippen LogP contribution in [-0.2, 0) is 11.2 Å². The van der Waals surface area contributed by atoms with Crippen LogP contribution in [0.15, 0.2) is 29.2 Å². The second kappa shape index (κ2) is 6.29. The number of fused-ring (bicyclic) bond motifs is 1. The molecule has 104 valence electrons. The zero-order valence-electron chi connectivity index (χ0n) is 11.6. The average Bonchev–Trinajstić information content (AvgIpc) is 3.08. The molecule has 3 rings (SSSR count). The van der Waals surface area contributed by atoms with Crippen LogP contribution in [0.3, 0.4) is 0 Å². The van der Waals surface area contributed by atoms with E-state index in [-0.39, 0.29) is 0 Å². The number of nitrogens with one attached hydrogen (secondary N) is 1. The second-order valence-electron chi connectivity index (χ2n) is 5.57. The fourth-order valence-corrected chi connectivity index (χ4v) is 4.67. The first kappa shape index (κ1) is 13.5. The molecule has 1 aromatic carbocycles. The zero-order valence-corrected chi connectivity index (χ0v) is 12.4. The highest BCUT2D eigenvalue weighted by molar-refractivity contribution is 8.00. The van der Waals surface area contributed by atoms with Gasteiger partial charge in [0, 0.05) is 28.7 Å². The molecule has 1 N–H and O–H groups in total. The lowest BCUT2D eigenvalue weighted by molar-refractivity contribution is 0.176. The van der Waals surface area contributed by atoms with Crippen LogP contribution in [0.1, 0.15) is 25.3 Å². The van der Waals surface area contributed by atoms with Gasteiger partial charge in [0.2, 0.25) is 0 Å². The highest BCUT2D eigenvalue weighted by atomic mass is 32.2. The average molecular weight is 277 g/mol. The fourth-order valence-electron chi connectivity index (χ4n) is 3.16. The first-order chi connectivity index (χ1) is 9.38. The quantitative estimate of drug-likeness (QED) is 0.893. The minimum atomic E-state index is 0.597. The SMILES string of the molecule is CCCNC(C1CCOC1)C1Cc2ccccc2S1. The van der Waals surface area contributed by atoms with Gasteiger partial charge in [-0.15, -0.1) is 11.8 Å². The van der Waals surface area contributed by atoms with E-state index >= 15 is 0 Å². The van der Waals surface area contributed by atoms with Gasteiger partial charge in [0.1, 0.15) is 0 Å². The molecular weight excluding hydrogens is 254 g/mol. The van der Waals surface area contributed by atoms with Crippen molar-refractivity contribution in [3.05, 3.63) is 29.8 Å². The lowest BCUT2D eigenvalue weighted by Crippen LogP contribution is -2.44. The molecule has 19 heavy (non-hydrogen) atoms. The van der Waals surface area contributed by atoms with Crippen molar-refractivity contribution < 1.29 is 4.74 Å². The van der Waals surface area contributed by atoms with Gasteiger partial charge in [0.15, 0.2) is 0 Å². The van der Waals surface area contributed by atoms with Gasteiger partial charge in [-0.1, -0.05) is 25.1 Å². The summed E-state index contributed by atoms with van der Waals surface area (Å²) in [6.45, 7) is 5.24. The van der Waals surface area contributed by atoms with Crippen molar-refractivity contribution in [2.75, 3.05) is 19.8 Å². The third-order valence-corrected chi connectivity index (χ3v) is 5.59. The van der Waals surface area contributed by atoms with Gasteiger partial charge in [-0.25, -0.2) is 0 Å². The number of hydrogen-bond donors (Lipinski definition) is 1. The Balaban J connectivity index is 1.70. The summed E-state index contributed by atoms with van der Waals surface area (Å²) < 4.78 is 5.61. The van der Waals surface area contributed by atoms with Gasteiger partial charge >= 0.3 is 0 Å². The normalized spacial score (nSPS) is 27.4. The van der Waals surface area contributed by atoms with Gasteiger partial charge in [-0.2, -0.15) is 0 Å². The predicted molar refractivity (Wildman–Crippen MR) is 80.8 cm³/mol. The van der Waals surface area contributed by atoms with Gasteiger partial charge in [-0.05, 0) is 37.4 Å². The Bertz CT molecular complexity index is 392. The third kappa shape index (κ3) is 2.99. The van der Waals surface area contributed by atoms with E-state index < -0.39 is 0 Å². The topological polar surface area (TPSA) is 21.3 Å². The number of ether oxygens (including phenoxy) is 1. The summed E-state index contributed by atoms with van der Waals surface area (Å²) in [6.07, 6.45) is 3.63. The third-order valence-electron chi connectivity index (χ3n) is 4.18. The lowest BCUT2D eigenvalue weighted by Gasteiger charge is -2.28. The molecule has 0 saturated carbocycles. The largest absolute Gasteiger partial charge is 0.381 e. The first-order valence-corrected chi connectivity index (χ1v) is 8.32. The summed E-state index contributed by atoms with van der Waals surface area (Å²) in [4.78, 5) is 1.48. The van der Waals surface area contributed by atoms with Crippen molar-refractivity contribution in [2.45, 2.75) is 42.4 Å². The monoisotopic (exact) mass is 277 g/mol. The number of hydrogen-bond acceptors (Lipinski definition) is 3. The number of thioether (sulfide) groups is 1. The molecule has 1 aromatic rings. The minimum Gasteiger partial charge on any atom is -0.381 e. The maximum absolute atomic E-state index is 5.61. The van der Waals surface area contributed by atoms with Crippen molar-refractivity contribution in [1.29, 1.82) is 0 Å². The van der Waals surface area contributed by atoms with Crippen LogP contribution in [-0.4, -0.2) is 31.1 Å². The Labute approximate surface area is 120 Å². The second-order valence-corrected chi connectivity index (χ2v) is 6.85. The summed E-state index contributed by atoms with van der Waals surface area (Å²) >= 11 is 2.06.